The fourth-order valence-electron chi connectivity index (χ4n) is 5.02. The van der Waals surface area contributed by atoms with Crippen LogP contribution in [0.5, 0.6) is 11.6 Å². The molecule has 1 saturated heterocycles. The van der Waals surface area contributed by atoms with Crippen molar-refractivity contribution in [3.63, 3.8) is 0 Å². The zero-order valence-corrected chi connectivity index (χ0v) is 21.1. The van der Waals surface area contributed by atoms with Gasteiger partial charge in [-0.15, -0.1) is 5.10 Å². The van der Waals surface area contributed by atoms with Crippen LogP contribution in [0, 0.1) is 24.6 Å². The van der Waals surface area contributed by atoms with Crippen molar-refractivity contribution < 1.29 is 13.9 Å². The van der Waals surface area contributed by atoms with Crippen LogP contribution in [0.3, 0.4) is 0 Å². The first-order chi connectivity index (χ1) is 17.9. The molecule has 0 unspecified atom stereocenters. The Morgan fingerprint density at radius 3 is 2.70 bits per heavy atom. The molecule has 1 saturated carbocycles. The standard InChI is InChI=1S/C29H30FN5O2/c1-18-10-21(8-9-24(18)27(36)11-19-6-7-19)26-15-32-29-25(31-14-20-16-34(2)17-20)13-28(33-35(26)29)37-23-5-3-4-22(30)12-23/h3-5,8-10,12-13,15,19-20,31H,6-7,11,14,16-17H2,1-2H3. The first-order valence-electron chi connectivity index (χ1n) is 12.8. The van der Waals surface area contributed by atoms with Crippen molar-refractivity contribution >= 4 is 17.1 Å². The van der Waals surface area contributed by atoms with Crippen LogP contribution >= 0.6 is 0 Å². The number of carbonyl (C=O) groups excluding carboxylic acids is 1. The number of likely N-dealkylation sites (tertiary alicyclic amines) is 1. The lowest BCUT2D eigenvalue weighted by Gasteiger charge is -2.36. The van der Waals surface area contributed by atoms with Gasteiger partial charge in [0, 0.05) is 55.2 Å². The normalized spacial score (nSPS) is 16.1. The van der Waals surface area contributed by atoms with Gasteiger partial charge in [0.1, 0.15) is 11.6 Å². The van der Waals surface area contributed by atoms with Crippen molar-refractivity contribution in [1.29, 1.82) is 0 Å². The van der Waals surface area contributed by atoms with Gasteiger partial charge in [-0.05, 0) is 56.5 Å². The lowest BCUT2D eigenvalue weighted by Crippen LogP contribution is -2.46. The Balaban J connectivity index is 1.35. The summed E-state index contributed by atoms with van der Waals surface area (Å²) in [4.78, 5) is 19.7. The van der Waals surface area contributed by atoms with Gasteiger partial charge in [-0.3, -0.25) is 4.79 Å². The molecule has 1 aliphatic carbocycles. The maximum atomic E-state index is 13.8. The molecule has 0 amide bonds. The second-order valence-corrected chi connectivity index (χ2v) is 10.4. The van der Waals surface area contributed by atoms with E-state index in [1.54, 1.807) is 22.8 Å². The highest BCUT2D eigenvalue weighted by atomic mass is 19.1. The van der Waals surface area contributed by atoms with Gasteiger partial charge in [0.15, 0.2) is 11.4 Å². The molecule has 2 fully saturated rings. The average Bonchev–Trinajstić information content (AvgIpc) is 3.56. The minimum Gasteiger partial charge on any atom is -0.437 e. The highest BCUT2D eigenvalue weighted by Crippen LogP contribution is 2.35. The summed E-state index contributed by atoms with van der Waals surface area (Å²) >= 11 is 0. The molecule has 6 rings (SSSR count). The number of nitrogens with zero attached hydrogens (tertiary/aromatic N) is 4. The number of rotatable bonds is 9. The lowest BCUT2D eigenvalue weighted by molar-refractivity contribution is 0.0975. The molecule has 8 heteroatoms. The highest BCUT2D eigenvalue weighted by Gasteiger charge is 2.26. The number of fused-ring (bicyclic) bond motifs is 1. The van der Waals surface area contributed by atoms with E-state index in [1.165, 1.54) is 12.1 Å². The number of imidazole rings is 1. The number of hydrogen-bond donors (Lipinski definition) is 1. The number of nitrogens with one attached hydrogen (secondary N) is 1. The fraction of sp³-hybridized carbons (Fsp3) is 0.345. The predicted octanol–water partition coefficient (Wildman–Crippen LogP) is 5.59. The zero-order chi connectivity index (χ0) is 25.5. The Morgan fingerprint density at radius 2 is 1.97 bits per heavy atom. The monoisotopic (exact) mass is 499 g/mol. The number of anilines is 1. The van der Waals surface area contributed by atoms with Crippen LogP contribution in [0.4, 0.5) is 10.1 Å². The van der Waals surface area contributed by atoms with Crippen LogP contribution < -0.4 is 10.1 Å². The van der Waals surface area contributed by atoms with E-state index in [1.807, 2.05) is 31.2 Å². The highest BCUT2D eigenvalue weighted by molar-refractivity contribution is 5.98. The summed E-state index contributed by atoms with van der Waals surface area (Å²) < 4.78 is 21.5. The third-order valence-corrected chi connectivity index (χ3v) is 7.18. The third kappa shape index (κ3) is 5.06. The largest absolute Gasteiger partial charge is 0.437 e. The van der Waals surface area contributed by atoms with E-state index in [4.69, 9.17) is 9.84 Å². The molecule has 7 nitrogen and oxygen atoms in total. The van der Waals surface area contributed by atoms with E-state index in [2.05, 4.69) is 22.2 Å². The van der Waals surface area contributed by atoms with Crippen molar-refractivity contribution in [2.75, 3.05) is 32.0 Å². The number of Topliss-reactive ketones (excluding diaryl/α,β-unsaturated/α-hetero) is 1. The van der Waals surface area contributed by atoms with Crippen LogP contribution in [0.2, 0.25) is 0 Å². The van der Waals surface area contributed by atoms with Gasteiger partial charge < -0.3 is 15.0 Å². The van der Waals surface area contributed by atoms with Crippen LogP contribution in [0.25, 0.3) is 16.9 Å². The van der Waals surface area contributed by atoms with Crippen LogP contribution in [-0.2, 0) is 0 Å². The summed E-state index contributed by atoms with van der Waals surface area (Å²) in [6, 6.07) is 13.7. The SMILES string of the molecule is Cc1cc(-c2cnc3c(NCC4CN(C)C4)cc(Oc4cccc(F)c4)nn23)ccc1C(=O)CC1CC1. The van der Waals surface area contributed by atoms with Gasteiger partial charge in [-0.25, -0.2) is 13.9 Å². The van der Waals surface area contributed by atoms with Crippen molar-refractivity contribution in [1.82, 2.24) is 19.5 Å². The predicted molar refractivity (Wildman–Crippen MR) is 141 cm³/mol. The van der Waals surface area contributed by atoms with Gasteiger partial charge in [0.2, 0.25) is 5.88 Å². The Hall–Kier alpha value is -3.78. The maximum absolute atomic E-state index is 13.8. The molecular formula is C29H30FN5O2. The molecular weight excluding hydrogens is 469 g/mol. The molecule has 0 bridgehead atoms. The van der Waals surface area contributed by atoms with Crippen molar-refractivity contribution in [3.8, 4) is 22.9 Å². The summed E-state index contributed by atoms with van der Waals surface area (Å²) in [6.07, 6.45) is 4.73. The molecule has 2 aromatic heterocycles. The van der Waals surface area contributed by atoms with Gasteiger partial charge in [-0.2, -0.15) is 0 Å². The van der Waals surface area contributed by atoms with E-state index in [9.17, 15) is 9.18 Å². The molecule has 1 N–H and O–H groups in total. The summed E-state index contributed by atoms with van der Waals surface area (Å²) in [5.41, 5.74) is 4.90. The minimum atomic E-state index is -0.374. The Bertz CT molecular complexity index is 1470. The van der Waals surface area contributed by atoms with E-state index in [-0.39, 0.29) is 11.6 Å². The summed E-state index contributed by atoms with van der Waals surface area (Å²) in [5.74, 6) is 1.65. The number of aryl methyl sites for hydroxylation is 1. The Morgan fingerprint density at radius 1 is 1.14 bits per heavy atom. The maximum Gasteiger partial charge on any atom is 0.239 e. The number of carbonyl (C=O) groups is 1. The summed E-state index contributed by atoms with van der Waals surface area (Å²) in [5, 5.41) is 8.22. The molecule has 3 heterocycles. The van der Waals surface area contributed by atoms with Crippen molar-refractivity contribution in [2.45, 2.75) is 26.2 Å². The first kappa shape index (κ1) is 23.6. The molecule has 2 aromatic carbocycles. The molecule has 0 radical (unpaired) electrons. The Kier molecular flexibility index (Phi) is 6.12. The van der Waals surface area contributed by atoms with Crippen LogP contribution in [0.1, 0.15) is 35.2 Å². The first-order valence-corrected chi connectivity index (χ1v) is 12.8. The second kappa shape index (κ2) is 9.59. The fourth-order valence-corrected chi connectivity index (χ4v) is 5.02. The van der Waals surface area contributed by atoms with Gasteiger partial charge in [0.25, 0.3) is 0 Å². The average molecular weight is 500 g/mol. The van der Waals surface area contributed by atoms with Gasteiger partial charge in [-0.1, -0.05) is 18.2 Å². The van der Waals surface area contributed by atoms with E-state index >= 15 is 0 Å². The second-order valence-electron chi connectivity index (χ2n) is 10.4. The molecule has 1 aliphatic heterocycles. The molecule has 0 atom stereocenters. The van der Waals surface area contributed by atoms with Gasteiger partial charge >= 0.3 is 0 Å². The summed E-state index contributed by atoms with van der Waals surface area (Å²) in [6.45, 7) is 4.88. The number of halogens is 1. The van der Waals surface area contributed by atoms with Crippen molar-refractivity contribution in [2.24, 2.45) is 11.8 Å². The van der Waals surface area contributed by atoms with E-state index < -0.39 is 0 Å². The minimum absolute atomic E-state index is 0.210. The quantitative estimate of drug-likeness (QED) is 0.303. The lowest BCUT2D eigenvalue weighted by atomic mass is 9.98. The zero-order valence-electron chi connectivity index (χ0n) is 21.1. The third-order valence-electron chi connectivity index (χ3n) is 7.18. The summed E-state index contributed by atoms with van der Waals surface area (Å²) in [7, 11) is 2.11. The molecule has 2 aliphatic rings. The molecule has 37 heavy (non-hydrogen) atoms. The number of hydrogen-bond acceptors (Lipinski definition) is 6. The number of benzene rings is 2. The van der Waals surface area contributed by atoms with E-state index in [0.29, 0.717) is 35.5 Å². The van der Waals surface area contributed by atoms with Crippen LogP contribution in [-0.4, -0.2) is 52.0 Å². The number of ether oxygens (including phenoxy) is 1. The smallest absolute Gasteiger partial charge is 0.239 e. The Labute approximate surface area is 215 Å². The van der Waals surface area contributed by atoms with Gasteiger partial charge in [0.05, 0.1) is 17.6 Å². The van der Waals surface area contributed by atoms with E-state index in [0.717, 1.165) is 60.5 Å². The molecule has 4 aromatic rings. The number of ketones is 1. The topological polar surface area (TPSA) is 71.8 Å². The van der Waals surface area contributed by atoms with Crippen LogP contribution in [0.15, 0.2) is 54.7 Å². The van der Waals surface area contributed by atoms with Crippen molar-refractivity contribution in [3.05, 3.63) is 71.7 Å². The molecule has 190 valence electrons. The molecule has 0 spiro atoms. The number of aromatic nitrogens is 3.